The van der Waals surface area contributed by atoms with Crippen LogP contribution < -0.4 is 26.4 Å². The van der Waals surface area contributed by atoms with Gasteiger partial charge in [-0.25, -0.2) is 0 Å². The minimum atomic E-state index is -3.46. The number of carboxylic acid groups (broad SMARTS) is 1. The Labute approximate surface area is 561 Å². The van der Waals surface area contributed by atoms with Gasteiger partial charge in [-0.05, 0) is 6.92 Å². The smallest absolute Gasteiger partial charge is 0.217 e. The van der Waals surface area contributed by atoms with Crippen LogP contribution in [0, 0.1) is 0 Å². The highest BCUT2D eigenvalue weighted by Crippen LogP contribution is 2.41. The van der Waals surface area contributed by atoms with E-state index < -0.39 is 309 Å². The number of aliphatic carboxylic acids is 1. The molecule has 44 nitrogen and oxygen atoms in total. The highest BCUT2D eigenvalue weighted by Gasteiger charge is 2.61. The van der Waals surface area contributed by atoms with Gasteiger partial charge in [0.15, 0.2) is 37.7 Å². The molecule has 0 bridgehead atoms. The largest absolute Gasteiger partial charge is 0.544 e. The Morgan fingerprint density at radius 1 is 0.495 bits per heavy atom. The third-order valence-corrected chi connectivity index (χ3v) is 17.6. The predicted octanol–water partition coefficient (Wildman–Crippen LogP) is -17.8. The van der Waals surface area contributed by atoms with Gasteiger partial charge in [-0.1, -0.05) is 0 Å². The molecule has 7 saturated heterocycles. The van der Waals surface area contributed by atoms with Crippen molar-refractivity contribution in [3.8, 4) is 0 Å². The third kappa shape index (κ3) is 18.7. The zero-order valence-corrected chi connectivity index (χ0v) is 53.3. The van der Waals surface area contributed by atoms with E-state index >= 15 is 0 Å². The van der Waals surface area contributed by atoms with Crippen LogP contribution in [0.4, 0.5) is 0 Å². The first-order valence-electron chi connectivity index (χ1n) is 31.3. The molecule has 4 amide bonds. The SMILES string of the molecule is CC(=O)N[C@H]1[C@H](OC[C@H]2O[C@@H](O[C@H]3[C@H](O)[C@@H](O)[C@H](OC[C@@H](CO)NC=O)O[C@@H]3CO)[C@H](O)[C@@H](O[C@@H]3O[C@H](CO)[C@@H](O[C@@H]4O[C@@H](C)[C@@H](O)[C@@H](O)[C@@H]4O)[C@H](O[C@@H]4O[C@H](CO)[C@H](O)[C@H](O[C@]5(C(=O)[O-])C[C@H](O)[C@@H](NC(C)=O)[C@H]([C@H](O)[C@H](O)CO)O5)[C@H]4O)[C@H]3NC(C)=O)[C@H]2O)O[C@H](CO)[C@@H](O)[C@@H]1O. The highest BCUT2D eigenvalue weighted by molar-refractivity contribution is 5.75. The van der Waals surface area contributed by atoms with E-state index in [0.717, 1.165) is 20.8 Å². The number of carbonyl (C=O) groups excluding carboxylic acids is 5. The maximum Gasteiger partial charge on any atom is 0.217 e. The summed E-state index contributed by atoms with van der Waals surface area (Å²) >= 11 is 0. The second kappa shape index (κ2) is 36.1. The Kier molecular flexibility index (Phi) is 30.0. The van der Waals surface area contributed by atoms with E-state index in [-0.39, 0.29) is 6.41 Å². The quantitative estimate of drug-likeness (QED) is 0.0297. The molecule has 99 heavy (non-hydrogen) atoms. The number of carboxylic acids is 1. The van der Waals surface area contributed by atoms with Crippen LogP contribution in [0.15, 0.2) is 0 Å². The molecule has 0 radical (unpaired) electrons. The Bertz CT molecular complexity index is 2580. The summed E-state index contributed by atoms with van der Waals surface area (Å²) in [5, 5.41) is 243. The van der Waals surface area contributed by atoms with Crippen molar-refractivity contribution in [3.05, 3.63) is 0 Å². The number of aliphatic hydroxyl groups is 20. The van der Waals surface area contributed by atoms with E-state index in [2.05, 4.69) is 21.3 Å². The molecule has 0 spiro atoms. The predicted molar refractivity (Wildman–Crippen MR) is 304 cm³/mol. The van der Waals surface area contributed by atoms with Crippen molar-refractivity contribution in [2.75, 3.05) is 52.9 Å². The number of hydrogen-bond acceptors (Lipinski definition) is 40. The zero-order chi connectivity index (χ0) is 73.4. The van der Waals surface area contributed by atoms with Crippen molar-refractivity contribution in [3.63, 3.8) is 0 Å². The van der Waals surface area contributed by atoms with Crippen molar-refractivity contribution >= 4 is 30.1 Å². The number of ether oxygens (including phenoxy) is 14. The summed E-state index contributed by atoms with van der Waals surface area (Å²) in [5.41, 5.74) is 0. The van der Waals surface area contributed by atoms with E-state index in [1.165, 1.54) is 6.92 Å². The Balaban J connectivity index is 1.30. The number of nitrogens with one attached hydrogen (secondary N) is 4. The van der Waals surface area contributed by atoms with Crippen molar-refractivity contribution in [2.45, 2.75) is 261 Å². The topological polar surface area (TPSA) is 690 Å². The van der Waals surface area contributed by atoms with Crippen molar-refractivity contribution in [1.29, 1.82) is 0 Å². The first-order chi connectivity index (χ1) is 46.7. The molecule has 572 valence electrons. The van der Waals surface area contributed by atoms with E-state index in [9.17, 15) is 131 Å². The van der Waals surface area contributed by atoms with Crippen molar-refractivity contribution in [1.82, 2.24) is 21.3 Å². The van der Waals surface area contributed by atoms with Gasteiger partial charge in [0.1, 0.15) is 165 Å². The maximum atomic E-state index is 13.6. The molecule has 0 aromatic carbocycles. The summed E-state index contributed by atoms with van der Waals surface area (Å²) in [6.07, 6.45) is -69.0. The van der Waals surface area contributed by atoms with E-state index in [0.29, 0.717) is 0 Å². The lowest BCUT2D eigenvalue weighted by Crippen LogP contribution is -2.73. The molecule has 7 aliphatic heterocycles. The molecule has 37 atom stereocenters. The summed E-state index contributed by atoms with van der Waals surface area (Å²) < 4.78 is 82.7. The number of hydrogen-bond donors (Lipinski definition) is 24. The van der Waals surface area contributed by atoms with Gasteiger partial charge in [-0.15, -0.1) is 0 Å². The molecule has 7 aliphatic rings. The minimum Gasteiger partial charge on any atom is -0.544 e. The van der Waals surface area contributed by atoms with Gasteiger partial charge >= 0.3 is 0 Å². The molecule has 0 aromatic heterocycles. The number of carbonyl (C=O) groups is 5. The van der Waals surface area contributed by atoms with E-state index in [1.807, 2.05) is 0 Å². The summed E-state index contributed by atoms with van der Waals surface area (Å²) in [6.45, 7) is -3.98. The highest BCUT2D eigenvalue weighted by atomic mass is 16.8. The molecule has 0 unspecified atom stereocenters. The Morgan fingerprint density at radius 2 is 0.980 bits per heavy atom. The summed E-state index contributed by atoms with van der Waals surface area (Å²) in [6, 6.07) is -6.66. The molecule has 24 N–H and O–H groups in total. The van der Waals surface area contributed by atoms with Gasteiger partial charge in [-0.2, -0.15) is 0 Å². The Morgan fingerprint density at radius 3 is 1.56 bits per heavy atom. The van der Waals surface area contributed by atoms with Gasteiger partial charge in [-0.3, -0.25) is 19.2 Å². The van der Waals surface area contributed by atoms with Crippen LogP contribution >= 0.6 is 0 Å². The van der Waals surface area contributed by atoms with Gasteiger partial charge in [0.05, 0.1) is 77.1 Å². The van der Waals surface area contributed by atoms with Crippen molar-refractivity contribution in [2.24, 2.45) is 0 Å². The van der Waals surface area contributed by atoms with Crippen molar-refractivity contribution < 1.29 is 198 Å². The molecule has 7 rings (SSSR count). The standard InChI is InChI=1S/C55H92N4O40/c1-15-30(72)36(78)38(80)51(88-15)95-43-25(11-65)91-49(29(59-18(4)69)45(43)96-53-41(83)47(33(75)23(9-63)90-53)99-55(54(84)85)5-20(70)27(57-16(2)67)44(98-55)31(73)21(71)7-61)97-46-34(76)26(13-87-48-28(58-17(3)68)35(77)32(74)22(8-62)89-48)93-52(40(46)82)94-42-24(10-64)92-50(39(81)37(42)79)86-12-19(6-60)56-14-66/h14-15,19-53,60-65,70-83H,5-13H2,1-4H3,(H,56,66)(H,57,67)(H,58,68)(H,59,69)(H,84,85)/p-1/t15-,19+,20-,21+,22+,23+,24+,25+,26+,27+,28+,29+,30+,31+,32+,33-,34-,35+,36+,37+,38-,39+,40+,41+,42+,43+,44+,45+,46-,47-,48+,49-,50+,51-,52-,53-,55-/m0/s1. The molecule has 0 aromatic rings. The fraction of sp³-hybridized carbons (Fsp3) is 0.909. The van der Waals surface area contributed by atoms with Gasteiger partial charge in [0.25, 0.3) is 0 Å². The van der Waals surface area contributed by atoms with Crippen LogP contribution in [-0.2, 0) is 90.3 Å². The van der Waals surface area contributed by atoms with Gasteiger partial charge < -0.3 is 200 Å². The number of rotatable bonds is 30. The second-order valence-electron chi connectivity index (χ2n) is 24.7. The van der Waals surface area contributed by atoms with Crippen LogP contribution in [0.2, 0.25) is 0 Å². The monoisotopic (exact) mass is 1450 g/mol. The fourth-order valence-electron chi connectivity index (χ4n) is 12.3. The van der Waals surface area contributed by atoms with E-state index in [1.54, 1.807) is 0 Å². The second-order valence-corrected chi connectivity index (χ2v) is 24.7. The molecule has 44 heteroatoms. The summed E-state index contributed by atoms with van der Waals surface area (Å²) in [4.78, 5) is 62.6. The molecular weight excluding hydrogens is 1360 g/mol. The van der Waals surface area contributed by atoms with Crippen LogP contribution in [-0.4, -0.2) is 411 Å². The van der Waals surface area contributed by atoms with Crippen LogP contribution in [0.25, 0.3) is 0 Å². The fourth-order valence-corrected chi connectivity index (χ4v) is 12.3. The summed E-state index contributed by atoms with van der Waals surface area (Å²) in [5.74, 6) is -8.65. The molecule has 7 heterocycles. The van der Waals surface area contributed by atoms with E-state index in [4.69, 9.17) is 66.3 Å². The zero-order valence-electron chi connectivity index (χ0n) is 53.3. The summed E-state index contributed by atoms with van der Waals surface area (Å²) in [7, 11) is 0. The third-order valence-electron chi connectivity index (χ3n) is 17.6. The lowest BCUT2D eigenvalue weighted by atomic mass is 9.88. The van der Waals surface area contributed by atoms with Crippen LogP contribution in [0.5, 0.6) is 0 Å². The average Bonchev–Trinajstić information content (AvgIpc) is 0.757. The minimum absolute atomic E-state index is 0.227. The normalized spacial score (nSPS) is 45.3. The first kappa shape index (κ1) is 82.3. The van der Waals surface area contributed by atoms with Gasteiger partial charge in [0.2, 0.25) is 29.9 Å². The van der Waals surface area contributed by atoms with Crippen LogP contribution in [0.1, 0.15) is 34.1 Å². The maximum absolute atomic E-state index is 13.6. The molecular formula is C55H91N4O40-. The first-order valence-corrected chi connectivity index (χ1v) is 31.3. The molecule has 7 fully saturated rings. The molecule has 0 saturated carbocycles. The lowest BCUT2D eigenvalue weighted by Gasteiger charge is -2.53. The number of amides is 4. The van der Waals surface area contributed by atoms with Crippen LogP contribution in [0.3, 0.4) is 0 Å². The van der Waals surface area contributed by atoms with Gasteiger partial charge in [0, 0.05) is 27.2 Å². The average molecular weight is 1450 g/mol. The number of aliphatic hydroxyl groups excluding tert-OH is 20. The Hall–Kier alpha value is -4.01. The lowest BCUT2D eigenvalue weighted by molar-refractivity contribution is -0.414. The molecule has 0 aliphatic carbocycles.